The summed E-state index contributed by atoms with van der Waals surface area (Å²) in [6.45, 7) is 1.95. The van der Waals surface area contributed by atoms with Crippen molar-refractivity contribution < 1.29 is 22.8 Å². The number of amides is 2. The van der Waals surface area contributed by atoms with Gasteiger partial charge in [0.15, 0.2) is 0 Å². The van der Waals surface area contributed by atoms with Crippen LogP contribution in [-0.2, 0) is 9.59 Å². The molecule has 1 unspecified atom stereocenters. The Hall–Kier alpha value is -1.02. The summed E-state index contributed by atoms with van der Waals surface area (Å²) in [5.41, 5.74) is 0. The highest BCUT2D eigenvalue weighted by Gasteiger charge is 2.37. The van der Waals surface area contributed by atoms with E-state index in [2.05, 4.69) is 5.32 Å². The van der Waals surface area contributed by atoms with Gasteiger partial charge in [-0.1, -0.05) is 6.42 Å². The predicted octanol–water partition coefficient (Wildman–Crippen LogP) is 2.20. The standard InChI is InChI=1S/C16H26F3N3O2.ClH/c1-2-21(11-16(17,18)19)14(23)12-6-5-9-22(10-12)15(24)13-7-3-4-8-20-13;/h12-13,20H,2-11H2,1H3;1H/t12?,13-;/m0./s1. The van der Waals surface area contributed by atoms with Crippen molar-refractivity contribution >= 4 is 24.2 Å². The number of hydrogen-bond acceptors (Lipinski definition) is 3. The second-order valence-electron chi connectivity index (χ2n) is 6.59. The summed E-state index contributed by atoms with van der Waals surface area (Å²) >= 11 is 0. The number of alkyl halides is 3. The van der Waals surface area contributed by atoms with Crippen molar-refractivity contribution in [2.45, 2.75) is 51.2 Å². The molecule has 9 heteroatoms. The molecule has 2 saturated heterocycles. The van der Waals surface area contributed by atoms with Gasteiger partial charge in [-0.15, -0.1) is 12.4 Å². The molecule has 2 aliphatic rings. The number of rotatable bonds is 4. The van der Waals surface area contributed by atoms with Crippen molar-refractivity contribution in [2.24, 2.45) is 5.92 Å². The molecule has 0 spiro atoms. The Morgan fingerprint density at radius 3 is 2.48 bits per heavy atom. The Labute approximate surface area is 152 Å². The first-order chi connectivity index (χ1) is 11.3. The quantitative estimate of drug-likeness (QED) is 0.807. The lowest BCUT2D eigenvalue weighted by molar-refractivity contribution is -0.165. The third-order valence-corrected chi connectivity index (χ3v) is 4.75. The fourth-order valence-electron chi connectivity index (χ4n) is 3.48. The molecule has 0 bridgehead atoms. The van der Waals surface area contributed by atoms with Crippen LogP contribution in [0.2, 0.25) is 0 Å². The summed E-state index contributed by atoms with van der Waals surface area (Å²) in [5, 5.41) is 3.19. The molecular formula is C16H27ClF3N3O2. The van der Waals surface area contributed by atoms with E-state index in [9.17, 15) is 22.8 Å². The van der Waals surface area contributed by atoms with Crippen molar-refractivity contribution in [3.05, 3.63) is 0 Å². The van der Waals surface area contributed by atoms with Crippen LogP contribution in [0.15, 0.2) is 0 Å². The lowest BCUT2D eigenvalue weighted by Gasteiger charge is -2.37. The van der Waals surface area contributed by atoms with Crippen molar-refractivity contribution in [1.82, 2.24) is 15.1 Å². The van der Waals surface area contributed by atoms with Gasteiger partial charge in [0.05, 0.1) is 12.0 Å². The number of piperidine rings is 2. The molecule has 0 aliphatic carbocycles. The molecule has 2 heterocycles. The van der Waals surface area contributed by atoms with Gasteiger partial charge in [-0.2, -0.15) is 13.2 Å². The van der Waals surface area contributed by atoms with Crippen LogP contribution in [0.5, 0.6) is 0 Å². The Bertz CT molecular complexity index is 456. The van der Waals surface area contributed by atoms with Gasteiger partial charge in [-0.3, -0.25) is 9.59 Å². The number of hydrogen-bond donors (Lipinski definition) is 1. The summed E-state index contributed by atoms with van der Waals surface area (Å²) in [7, 11) is 0. The molecule has 2 amide bonds. The molecule has 0 aromatic carbocycles. The minimum Gasteiger partial charge on any atom is -0.341 e. The number of halogens is 4. The summed E-state index contributed by atoms with van der Waals surface area (Å²) in [6.07, 6.45) is -0.388. The Morgan fingerprint density at radius 2 is 1.92 bits per heavy atom. The summed E-state index contributed by atoms with van der Waals surface area (Å²) in [4.78, 5) is 27.5. The second-order valence-corrected chi connectivity index (χ2v) is 6.59. The average Bonchev–Trinajstić information content (AvgIpc) is 2.58. The minimum atomic E-state index is -4.40. The van der Waals surface area contributed by atoms with Gasteiger partial charge in [0, 0.05) is 19.6 Å². The number of carbonyl (C=O) groups is 2. The van der Waals surface area contributed by atoms with Crippen LogP contribution in [0.25, 0.3) is 0 Å². The molecule has 0 radical (unpaired) electrons. The van der Waals surface area contributed by atoms with Crippen molar-refractivity contribution in [2.75, 3.05) is 32.7 Å². The minimum absolute atomic E-state index is 0. The maximum absolute atomic E-state index is 12.6. The third-order valence-electron chi connectivity index (χ3n) is 4.75. The molecule has 25 heavy (non-hydrogen) atoms. The van der Waals surface area contributed by atoms with E-state index in [4.69, 9.17) is 0 Å². The molecule has 2 aliphatic heterocycles. The van der Waals surface area contributed by atoms with Crippen LogP contribution in [-0.4, -0.2) is 66.6 Å². The van der Waals surface area contributed by atoms with Crippen molar-refractivity contribution in [3.63, 3.8) is 0 Å². The fourth-order valence-corrected chi connectivity index (χ4v) is 3.48. The summed E-state index contributed by atoms with van der Waals surface area (Å²) in [6, 6.07) is -0.218. The summed E-state index contributed by atoms with van der Waals surface area (Å²) < 4.78 is 37.8. The number of nitrogens with one attached hydrogen (secondary N) is 1. The topological polar surface area (TPSA) is 52.7 Å². The van der Waals surface area contributed by atoms with Gasteiger partial charge in [0.1, 0.15) is 6.54 Å². The molecule has 2 atom stereocenters. The average molecular weight is 386 g/mol. The van der Waals surface area contributed by atoms with Crippen molar-refractivity contribution in [3.8, 4) is 0 Å². The fraction of sp³-hybridized carbons (Fsp3) is 0.875. The lowest BCUT2D eigenvalue weighted by atomic mass is 9.95. The molecule has 2 rings (SSSR count). The Balaban J connectivity index is 0.00000312. The number of nitrogens with zero attached hydrogens (tertiary/aromatic N) is 2. The highest BCUT2D eigenvalue weighted by molar-refractivity contribution is 5.85. The van der Waals surface area contributed by atoms with Crippen LogP contribution in [0.4, 0.5) is 13.2 Å². The first kappa shape index (κ1) is 22.0. The SMILES string of the molecule is CCN(CC(F)(F)F)C(=O)C1CCCN(C(=O)[C@@H]2CCCCN2)C1.Cl. The zero-order valence-electron chi connectivity index (χ0n) is 14.5. The van der Waals surface area contributed by atoms with E-state index in [0.29, 0.717) is 19.4 Å². The number of likely N-dealkylation sites (tertiary alicyclic amines) is 1. The molecule has 5 nitrogen and oxygen atoms in total. The second kappa shape index (κ2) is 9.62. The highest BCUT2D eigenvalue weighted by Crippen LogP contribution is 2.23. The first-order valence-electron chi connectivity index (χ1n) is 8.69. The van der Waals surface area contributed by atoms with Crippen LogP contribution < -0.4 is 5.32 Å². The molecular weight excluding hydrogens is 359 g/mol. The van der Waals surface area contributed by atoms with Crippen LogP contribution >= 0.6 is 12.4 Å². The third kappa shape index (κ3) is 6.33. The maximum Gasteiger partial charge on any atom is 0.406 e. The predicted molar refractivity (Wildman–Crippen MR) is 90.5 cm³/mol. The van der Waals surface area contributed by atoms with E-state index in [-0.39, 0.29) is 37.4 Å². The number of carbonyl (C=O) groups excluding carboxylic acids is 2. The maximum atomic E-state index is 12.6. The zero-order valence-corrected chi connectivity index (χ0v) is 15.3. The summed E-state index contributed by atoms with van der Waals surface area (Å²) in [5.74, 6) is -1.05. The van der Waals surface area contributed by atoms with Crippen LogP contribution in [0.3, 0.4) is 0 Å². The van der Waals surface area contributed by atoms with Gasteiger partial charge in [-0.05, 0) is 39.2 Å². The largest absolute Gasteiger partial charge is 0.406 e. The van der Waals surface area contributed by atoms with Crippen molar-refractivity contribution in [1.29, 1.82) is 0 Å². The highest BCUT2D eigenvalue weighted by atomic mass is 35.5. The zero-order chi connectivity index (χ0) is 17.7. The first-order valence-corrected chi connectivity index (χ1v) is 8.69. The molecule has 2 fully saturated rings. The lowest BCUT2D eigenvalue weighted by Crippen LogP contribution is -2.53. The van der Waals surface area contributed by atoms with Crippen LogP contribution in [0.1, 0.15) is 39.0 Å². The van der Waals surface area contributed by atoms with Gasteiger partial charge in [-0.25, -0.2) is 0 Å². The van der Waals surface area contributed by atoms with E-state index >= 15 is 0 Å². The van der Waals surface area contributed by atoms with E-state index in [1.165, 1.54) is 0 Å². The molecule has 0 aromatic heterocycles. The van der Waals surface area contributed by atoms with E-state index in [1.54, 1.807) is 11.8 Å². The Kier molecular flexibility index (Phi) is 8.47. The van der Waals surface area contributed by atoms with Gasteiger partial charge in [0.25, 0.3) is 0 Å². The van der Waals surface area contributed by atoms with E-state index in [0.717, 1.165) is 30.7 Å². The van der Waals surface area contributed by atoms with Gasteiger partial charge < -0.3 is 15.1 Å². The van der Waals surface area contributed by atoms with Gasteiger partial charge in [0.2, 0.25) is 11.8 Å². The smallest absolute Gasteiger partial charge is 0.341 e. The molecule has 0 saturated carbocycles. The van der Waals surface area contributed by atoms with E-state index < -0.39 is 24.5 Å². The normalized spacial score (nSPS) is 24.4. The van der Waals surface area contributed by atoms with Gasteiger partial charge >= 0.3 is 6.18 Å². The molecule has 1 N–H and O–H groups in total. The van der Waals surface area contributed by atoms with E-state index in [1.807, 2.05) is 0 Å². The monoisotopic (exact) mass is 385 g/mol. The van der Waals surface area contributed by atoms with Crippen LogP contribution in [0, 0.1) is 5.92 Å². The Morgan fingerprint density at radius 1 is 1.20 bits per heavy atom. The molecule has 0 aromatic rings. The molecule has 146 valence electrons.